The van der Waals surface area contributed by atoms with Gasteiger partial charge in [-0.25, -0.2) is 4.79 Å². The zero-order valence-electron chi connectivity index (χ0n) is 11.7. The lowest BCUT2D eigenvalue weighted by atomic mass is 10.0. The molecule has 0 radical (unpaired) electrons. The van der Waals surface area contributed by atoms with Gasteiger partial charge in [0.25, 0.3) is 5.69 Å². The Hall–Kier alpha value is -2.15. The number of hydrogen-bond donors (Lipinski definition) is 1. The summed E-state index contributed by atoms with van der Waals surface area (Å²) in [5.41, 5.74) is 3.50. The van der Waals surface area contributed by atoms with Gasteiger partial charge in [-0.2, -0.15) is 0 Å². The number of nitro groups is 1. The van der Waals surface area contributed by atoms with Gasteiger partial charge in [-0.1, -0.05) is 0 Å². The zero-order chi connectivity index (χ0) is 15.7. The number of carbonyl (C=O) groups is 1. The van der Waals surface area contributed by atoms with Gasteiger partial charge in [0.05, 0.1) is 16.5 Å². The number of nitrogens with zero attached hydrogens (tertiary/aromatic N) is 1. The van der Waals surface area contributed by atoms with Crippen LogP contribution >= 0.6 is 15.9 Å². The van der Waals surface area contributed by atoms with Crippen LogP contribution < -0.4 is 0 Å². The summed E-state index contributed by atoms with van der Waals surface area (Å²) in [5, 5.41) is 10.8. The second-order valence-electron chi connectivity index (χ2n) is 4.56. The lowest BCUT2D eigenvalue weighted by Gasteiger charge is -2.06. The summed E-state index contributed by atoms with van der Waals surface area (Å²) < 4.78 is 5.30. The summed E-state index contributed by atoms with van der Waals surface area (Å²) in [4.78, 5) is 25.0. The van der Waals surface area contributed by atoms with Crippen molar-refractivity contribution < 1.29 is 14.5 Å². The maximum atomic E-state index is 11.7. The summed E-state index contributed by atoms with van der Waals surface area (Å²) >= 11 is 3.40. The number of carbonyl (C=O) groups excluding carboxylic acids is 1. The van der Waals surface area contributed by atoms with Crippen LogP contribution in [0.4, 0.5) is 5.69 Å². The number of methoxy groups -OCH3 is 1. The van der Waals surface area contributed by atoms with Crippen molar-refractivity contribution in [3.05, 3.63) is 49.7 Å². The van der Waals surface area contributed by atoms with Crippen molar-refractivity contribution in [3.63, 3.8) is 0 Å². The third kappa shape index (κ3) is 2.69. The molecule has 0 aliphatic carbocycles. The average molecular weight is 353 g/mol. The molecule has 0 saturated heterocycles. The maximum absolute atomic E-state index is 11.7. The number of hydrogen-bond acceptors (Lipinski definition) is 4. The monoisotopic (exact) mass is 352 g/mol. The lowest BCUT2D eigenvalue weighted by Crippen LogP contribution is -2.02. The number of nitro benzene ring substituents is 1. The smallest absolute Gasteiger partial charge is 0.355 e. The Kier molecular flexibility index (Phi) is 4.13. The van der Waals surface area contributed by atoms with Crippen molar-refractivity contribution in [1.29, 1.82) is 0 Å². The van der Waals surface area contributed by atoms with E-state index in [0.717, 1.165) is 22.4 Å². The van der Waals surface area contributed by atoms with Gasteiger partial charge < -0.3 is 9.72 Å². The molecule has 2 aromatic rings. The van der Waals surface area contributed by atoms with Crippen LogP contribution in [0.5, 0.6) is 0 Å². The molecule has 1 heterocycles. The van der Waals surface area contributed by atoms with Crippen molar-refractivity contribution in [1.82, 2.24) is 4.98 Å². The number of esters is 1. The molecule has 0 unspecified atom stereocenters. The first-order chi connectivity index (χ1) is 9.86. The number of aromatic nitrogens is 1. The van der Waals surface area contributed by atoms with Crippen molar-refractivity contribution >= 4 is 27.6 Å². The minimum absolute atomic E-state index is 0.0359. The second kappa shape index (κ2) is 5.69. The summed E-state index contributed by atoms with van der Waals surface area (Å²) in [6.45, 7) is 3.62. The zero-order valence-corrected chi connectivity index (χ0v) is 13.3. The molecule has 7 heteroatoms. The summed E-state index contributed by atoms with van der Waals surface area (Å²) in [6.07, 6.45) is 0. The molecule has 1 aromatic heterocycles. The minimum Gasteiger partial charge on any atom is -0.464 e. The van der Waals surface area contributed by atoms with Gasteiger partial charge in [-0.15, -0.1) is 0 Å². The second-order valence-corrected chi connectivity index (χ2v) is 5.35. The Labute approximate surface area is 129 Å². The Morgan fingerprint density at radius 1 is 1.38 bits per heavy atom. The van der Waals surface area contributed by atoms with E-state index in [0.29, 0.717) is 10.2 Å². The van der Waals surface area contributed by atoms with Gasteiger partial charge in [0.2, 0.25) is 0 Å². The molecule has 0 atom stereocenters. The number of H-pyrrole nitrogens is 1. The van der Waals surface area contributed by atoms with E-state index in [9.17, 15) is 14.9 Å². The summed E-state index contributed by atoms with van der Waals surface area (Å²) in [5.74, 6) is -0.476. The van der Waals surface area contributed by atoms with E-state index >= 15 is 0 Å². The number of halogens is 1. The molecule has 2 rings (SSSR count). The topological polar surface area (TPSA) is 85.2 Å². The molecule has 0 spiro atoms. The fraction of sp³-hybridized carbons (Fsp3) is 0.214. The predicted molar refractivity (Wildman–Crippen MR) is 81.4 cm³/mol. The van der Waals surface area contributed by atoms with Gasteiger partial charge in [-0.05, 0) is 47.0 Å². The van der Waals surface area contributed by atoms with Crippen LogP contribution in [0.2, 0.25) is 0 Å². The molecule has 21 heavy (non-hydrogen) atoms. The molecule has 0 aliphatic heterocycles. The van der Waals surface area contributed by atoms with Crippen LogP contribution in [0.1, 0.15) is 21.7 Å². The largest absolute Gasteiger partial charge is 0.464 e. The molecule has 0 saturated carbocycles. The Bertz CT molecular complexity index is 737. The van der Waals surface area contributed by atoms with Crippen LogP contribution in [-0.2, 0) is 4.74 Å². The quantitative estimate of drug-likeness (QED) is 0.517. The van der Waals surface area contributed by atoms with E-state index in [4.69, 9.17) is 4.74 Å². The minimum atomic E-state index is -0.476. The fourth-order valence-corrected chi connectivity index (χ4v) is 2.97. The lowest BCUT2D eigenvalue weighted by molar-refractivity contribution is -0.384. The van der Waals surface area contributed by atoms with Crippen molar-refractivity contribution in [2.45, 2.75) is 13.8 Å². The predicted octanol–water partition coefficient (Wildman–Crippen LogP) is 3.76. The highest BCUT2D eigenvalue weighted by Crippen LogP contribution is 2.37. The Morgan fingerprint density at radius 3 is 2.57 bits per heavy atom. The number of non-ortho nitro benzene ring substituents is 1. The highest BCUT2D eigenvalue weighted by Gasteiger charge is 2.22. The molecular formula is C14H13BrN2O4. The molecule has 110 valence electrons. The highest BCUT2D eigenvalue weighted by molar-refractivity contribution is 9.10. The van der Waals surface area contributed by atoms with Gasteiger partial charge in [0, 0.05) is 23.4 Å². The maximum Gasteiger partial charge on any atom is 0.355 e. The van der Waals surface area contributed by atoms with Crippen molar-refractivity contribution in [2.75, 3.05) is 7.11 Å². The van der Waals surface area contributed by atoms with Crippen molar-refractivity contribution in [2.24, 2.45) is 0 Å². The first kappa shape index (κ1) is 15.2. The van der Waals surface area contributed by atoms with E-state index < -0.39 is 10.9 Å². The fourth-order valence-electron chi connectivity index (χ4n) is 2.20. The van der Waals surface area contributed by atoms with Gasteiger partial charge in [0.15, 0.2) is 0 Å². The van der Waals surface area contributed by atoms with Crippen LogP contribution in [0.15, 0.2) is 22.7 Å². The van der Waals surface area contributed by atoms with Crippen LogP contribution in [0.3, 0.4) is 0 Å². The van der Waals surface area contributed by atoms with E-state index in [1.807, 2.05) is 6.92 Å². The summed E-state index contributed by atoms with van der Waals surface area (Å²) in [7, 11) is 1.31. The molecule has 0 bridgehead atoms. The average Bonchev–Trinajstić information content (AvgIpc) is 2.73. The van der Waals surface area contributed by atoms with Crippen molar-refractivity contribution in [3.8, 4) is 11.1 Å². The number of nitrogens with one attached hydrogen (secondary N) is 1. The normalized spacial score (nSPS) is 10.5. The van der Waals surface area contributed by atoms with E-state index in [1.165, 1.54) is 19.2 Å². The number of aryl methyl sites for hydroxylation is 2. The molecule has 1 N–H and O–H groups in total. The van der Waals surface area contributed by atoms with E-state index in [1.54, 1.807) is 13.0 Å². The molecule has 0 aliphatic rings. The van der Waals surface area contributed by atoms with Gasteiger partial charge in [-0.3, -0.25) is 10.1 Å². The molecule has 1 aromatic carbocycles. The SMILES string of the molecule is COC(=O)c1[nH]c(C)c(-c2ccc([N+](=O)[O-])cc2C)c1Br. The number of aromatic amines is 1. The third-order valence-corrected chi connectivity index (χ3v) is 4.00. The number of ether oxygens (including phenoxy) is 1. The van der Waals surface area contributed by atoms with Gasteiger partial charge >= 0.3 is 5.97 Å². The highest BCUT2D eigenvalue weighted by atomic mass is 79.9. The van der Waals surface area contributed by atoms with Crippen LogP contribution in [0.25, 0.3) is 11.1 Å². The van der Waals surface area contributed by atoms with Crippen LogP contribution in [-0.4, -0.2) is 23.0 Å². The van der Waals surface area contributed by atoms with Gasteiger partial charge in [0.1, 0.15) is 5.69 Å². The molecule has 6 nitrogen and oxygen atoms in total. The first-order valence-electron chi connectivity index (χ1n) is 6.08. The third-order valence-electron chi connectivity index (χ3n) is 3.21. The number of rotatable bonds is 3. The molecule has 0 fully saturated rings. The van der Waals surface area contributed by atoms with E-state index in [2.05, 4.69) is 20.9 Å². The Balaban J connectivity index is 2.60. The molecule has 0 amide bonds. The molecular weight excluding hydrogens is 340 g/mol. The van der Waals surface area contributed by atoms with E-state index in [-0.39, 0.29) is 5.69 Å². The van der Waals surface area contributed by atoms with Crippen LogP contribution in [0, 0.1) is 24.0 Å². The Morgan fingerprint density at radius 2 is 2.05 bits per heavy atom. The first-order valence-corrected chi connectivity index (χ1v) is 6.88. The number of benzene rings is 1. The standard InChI is InChI=1S/C14H13BrN2O4/c1-7-6-9(17(19)20)4-5-10(7)11-8(2)16-13(12(11)15)14(18)21-3/h4-6,16H,1-3H3. The summed E-state index contributed by atoms with van der Waals surface area (Å²) in [6, 6.07) is 4.63.